The van der Waals surface area contributed by atoms with Crippen LogP contribution in [0.1, 0.15) is 5.82 Å². The normalized spacial score (nSPS) is 14.0. The molecule has 1 aromatic heterocycles. The number of amides is 2. The molecule has 3 rings (SSSR count). The zero-order chi connectivity index (χ0) is 18.4. The van der Waals surface area contributed by atoms with Crippen LogP contribution in [0.4, 0.5) is 16.4 Å². The summed E-state index contributed by atoms with van der Waals surface area (Å²) >= 11 is 5.90. The van der Waals surface area contributed by atoms with Gasteiger partial charge in [-0.3, -0.25) is 0 Å². The standard InChI is InChI=1S/C16H19ClN6O3/c1-25-16-21-13(20-14(22-16)23-5-7-26-8-6-23)10-18-15(24)19-12-4-2-3-11(17)9-12/h2-4,9H,5-8,10H2,1H3,(H2,18,19,24). The summed E-state index contributed by atoms with van der Waals surface area (Å²) in [6.07, 6.45) is 0. The minimum absolute atomic E-state index is 0.128. The third-order valence-corrected chi connectivity index (χ3v) is 3.85. The van der Waals surface area contributed by atoms with Gasteiger partial charge in [-0.1, -0.05) is 17.7 Å². The summed E-state index contributed by atoms with van der Waals surface area (Å²) in [5, 5.41) is 5.94. The number of ether oxygens (including phenoxy) is 2. The zero-order valence-electron chi connectivity index (χ0n) is 14.2. The summed E-state index contributed by atoms with van der Waals surface area (Å²) in [5.41, 5.74) is 0.595. The minimum Gasteiger partial charge on any atom is -0.467 e. The SMILES string of the molecule is COc1nc(CNC(=O)Nc2cccc(Cl)c2)nc(N2CCOCC2)n1. The second-order valence-electron chi connectivity index (χ2n) is 5.46. The topological polar surface area (TPSA) is 102 Å². The molecule has 2 amide bonds. The molecular weight excluding hydrogens is 360 g/mol. The van der Waals surface area contributed by atoms with Crippen molar-refractivity contribution in [3.05, 3.63) is 35.1 Å². The number of carbonyl (C=O) groups is 1. The van der Waals surface area contributed by atoms with E-state index in [0.717, 1.165) is 0 Å². The summed E-state index contributed by atoms with van der Waals surface area (Å²) in [6, 6.07) is 6.70. The fourth-order valence-electron chi connectivity index (χ4n) is 2.36. The third-order valence-electron chi connectivity index (χ3n) is 3.62. The van der Waals surface area contributed by atoms with Crippen LogP contribution in [0.25, 0.3) is 0 Å². The van der Waals surface area contributed by atoms with Crippen molar-refractivity contribution in [2.45, 2.75) is 6.54 Å². The number of carbonyl (C=O) groups excluding carboxylic acids is 1. The number of methoxy groups -OCH3 is 1. The largest absolute Gasteiger partial charge is 0.467 e. The lowest BCUT2D eigenvalue weighted by atomic mass is 10.3. The first-order valence-corrected chi connectivity index (χ1v) is 8.44. The summed E-state index contributed by atoms with van der Waals surface area (Å²) in [6.45, 7) is 2.74. The van der Waals surface area contributed by atoms with Crippen molar-refractivity contribution in [3.8, 4) is 6.01 Å². The van der Waals surface area contributed by atoms with Gasteiger partial charge in [0.25, 0.3) is 0 Å². The number of morpholine rings is 1. The molecular formula is C16H19ClN6O3. The number of nitrogens with zero attached hydrogens (tertiary/aromatic N) is 4. The van der Waals surface area contributed by atoms with Crippen molar-refractivity contribution in [2.75, 3.05) is 43.6 Å². The molecule has 1 fully saturated rings. The van der Waals surface area contributed by atoms with Crippen molar-refractivity contribution in [2.24, 2.45) is 0 Å². The maximum Gasteiger partial charge on any atom is 0.321 e. The molecule has 1 aromatic carbocycles. The van der Waals surface area contributed by atoms with Crippen LogP contribution >= 0.6 is 11.6 Å². The highest BCUT2D eigenvalue weighted by Gasteiger charge is 2.17. The maximum atomic E-state index is 12.0. The van der Waals surface area contributed by atoms with E-state index >= 15 is 0 Å². The molecule has 9 nitrogen and oxygen atoms in total. The predicted octanol–water partition coefficient (Wildman–Crippen LogP) is 1.69. The molecule has 0 bridgehead atoms. The van der Waals surface area contributed by atoms with Gasteiger partial charge in [-0.05, 0) is 18.2 Å². The van der Waals surface area contributed by atoms with E-state index in [-0.39, 0.29) is 18.6 Å². The first kappa shape index (κ1) is 18.2. The molecule has 2 aromatic rings. The summed E-state index contributed by atoms with van der Waals surface area (Å²) in [4.78, 5) is 26.9. The number of nitrogens with one attached hydrogen (secondary N) is 2. The van der Waals surface area contributed by atoms with Crippen molar-refractivity contribution in [1.29, 1.82) is 0 Å². The highest BCUT2D eigenvalue weighted by Crippen LogP contribution is 2.15. The Kier molecular flexibility index (Phi) is 6.03. The lowest BCUT2D eigenvalue weighted by Gasteiger charge is -2.26. The number of aromatic nitrogens is 3. The molecule has 0 radical (unpaired) electrons. The summed E-state index contributed by atoms with van der Waals surface area (Å²) in [5.74, 6) is 0.909. The Balaban J connectivity index is 1.63. The van der Waals surface area contributed by atoms with Gasteiger partial charge in [0, 0.05) is 23.8 Å². The number of hydrogen-bond acceptors (Lipinski definition) is 7. The van der Waals surface area contributed by atoms with Gasteiger partial charge >= 0.3 is 12.0 Å². The monoisotopic (exact) mass is 378 g/mol. The van der Waals surface area contributed by atoms with E-state index in [9.17, 15) is 4.79 Å². The second-order valence-corrected chi connectivity index (χ2v) is 5.89. The molecule has 0 spiro atoms. The lowest BCUT2D eigenvalue weighted by molar-refractivity contribution is 0.122. The number of rotatable bonds is 5. The lowest BCUT2D eigenvalue weighted by Crippen LogP contribution is -2.38. The van der Waals surface area contributed by atoms with E-state index < -0.39 is 0 Å². The van der Waals surface area contributed by atoms with Crippen LogP contribution in [-0.2, 0) is 11.3 Å². The van der Waals surface area contributed by atoms with Crippen molar-refractivity contribution in [1.82, 2.24) is 20.3 Å². The molecule has 0 unspecified atom stereocenters. The number of hydrogen-bond donors (Lipinski definition) is 2. The summed E-state index contributed by atoms with van der Waals surface area (Å²) in [7, 11) is 1.49. The Bertz CT molecular complexity index is 769. The molecule has 138 valence electrons. The predicted molar refractivity (Wildman–Crippen MR) is 96.7 cm³/mol. The molecule has 10 heteroatoms. The Morgan fingerprint density at radius 1 is 1.31 bits per heavy atom. The van der Waals surface area contributed by atoms with E-state index in [1.54, 1.807) is 24.3 Å². The Morgan fingerprint density at radius 3 is 2.85 bits per heavy atom. The van der Waals surface area contributed by atoms with E-state index in [0.29, 0.717) is 48.8 Å². The Labute approximate surface area is 155 Å². The highest BCUT2D eigenvalue weighted by atomic mass is 35.5. The average molecular weight is 379 g/mol. The number of urea groups is 1. The minimum atomic E-state index is -0.389. The van der Waals surface area contributed by atoms with Crippen LogP contribution in [0, 0.1) is 0 Å². The van der Waals surface area contributed by atoms with E-state index in [2.05, 4.69) is 25.6 Å². The van der Waals surface area contributed by atoms with Gasteiger partial charge in [-0.15, -0.1) is 0 Å². The average Bonchev–Trinajstić information content (AvgIpc) is 2.67. The van der Waals surface area contributed by atoms with Gasteiger partial charge < -0.3 is 25.0 Å². The maximum absolute atomic E-state index is 12.0. The van der Waals surface area contributed by atoms with Crippen LogP contribution < -0.4 is 20.3 Å². The molecule has 2 heterocycles. The van der Waals surface area contributed by atoms with Crippen molar-refractivity contribution in [3.63, 3.8) is 0 Å². The fourth-order valence-corrected chi connectivity index (χ4v) is 2.55. The molecule has 1 aliphatic heterocycles. The molecule has 26 heavy (non-hydrogen) atoms. The van der Waals surface area contributed by atoms with Crippen molar-refractivity contribution < 1.29 is 14.3 Å². The van der Waals surface area contributed by atoms with Gasteiger partial charge in [0.1, 0.15) is 0 Å². The van der Waals surface area contributed by atoms with Crippen LogP contribution in [0.3, 0.4) is 0 Å². The van der Waals surface area contributed by atoms with Gasteiger partial charge in [-0.2, -0.15) is 15.0 Å². The Hall–Kier alpha value is -2.65. The number of anilines is 2. The first-order valence-electron chi connectivity index (χ1n) is 8.06. The Morgan fingerprint density at radius 2 is 2.12 bits per heavy atom. The molecule has 0 saturated carbocycles. The number of benzene rings is 1. The molecule has 1 aliphatic rings. The van der Waals surface area contributed by atoms with Crippen LogP contribution in [0.2, 0.25) is 5.02 Å². The zero-order valence-corrected chi connectivity index (χ0v) is 15.0. The van der Waals surface area contributed by atoms with Crippen LogP contribution in [0.5, 0.6) is 6.01 Å². The van der Waals surface area contributed by atoms with E-state index in [1.165, 1.54) is 7.11 Å². The van der Waals surface area contributed by atoms with Gasteiger partial charge in [-0.25, -0.2) is 4.79 Å². The quantitative estimate of drug-likeness (QED) is 0.816. The van der Waals surface area contributed by atoms with Gasteiger partial charge in [0.2, 0.25) is 5.95 Å². The highest BCUT2D eigenvalue weighted by molar-refractivity contribution is 6.30. The van der Waals surface area contributed by atoms with Gasteiger partial charge in [0.05, 0.1) is 26.9 Å². The fraction of sp³-hybridized carbons (Fsp3) is 0.375. The van der Waals surface area contributed by atoms with E-state index in [4.69, 9.17) is 21.1 Å². The third kappa shape index (κ3) is 4.93. The smallest absolute Gasteiger partial charge is 0.321 e. The molecule has 2 N–H and O–H groups in total. The van der Waals surface area contributed by atoms with Gasteiger partial charge in [0.15, 0.2) is 5.82 Å². The molecule has 0 aliphatic carbocycles. The molecule has 1 saturated heterocycles. The summed E-state index contributed by atoms with van der Waals surface area (Å²) < 4.78 is 10.5. The second kappa shape index (κ2) is 8.63. The van der Waals surface area contributed by atoms with Crippen LogP contribution in [-0.4, -0.2) is 54.4 Å². The first-order chi connectivity index (χ1) is 12.6. The van der Waals surface area contributed by atoms with E-state index in [1.807, 2.05) is 4.90 Å². The molecule has 0 atom stereocenters. The van der Waals surface area contributed by atoms with Crippen LogP contribution in [0.15, 0.2) is 24.3 Å². The van der Waals surface area contributed by atoms with Crippen molar-refractivity contribution >= 4 is 29.3 Å². The number of halogens is 1.